The normalized spacial score (nSPS) is 12.2. The van der Waals surface area contributed by atoms with Crippen LogP contribution < -0.4 is 4.80 Å². The van der Waals surface area contributed by atoms with Gasteiger partial charge < -0.3 is 9.30 Å². The molecular weight excluding hydrogens is 426 g/mol. The summed E-state index contributed by atoms with van der Waals surface area (Å²) in [5, 5.41) is 11.5. The van der Waals surface area contributed by atoms with Crippen molar-refractivity contribution in [3.8, 4) is 0 Å². The van der Waals surface area contributed by atoms with Crippen molar-refractivity contribution < 1.29 is 14.5 Å². The average molecular weight is 446 g/mol. The second-order valence-electron chi connectivity index (χ2n) is 6.39. The first-order chi connectivity index (χ1) is 14.4. The number of nitro benzene ring substituents is 1. The zero-order valence-corrected chi connectivity index (χ0v) is 18.1. The van der Waals surface area contributed by atoms with Gasteiger partial charge in [-0.05, 0) is 43.2 Å². The molecule has 0 saturated heterocycles. The number of fused-ring (bicyclic) bond motifs is 1. The Morgan fingerprint density at radius 1 is 1.37 bits per heavy atom. The van der Waals surface area contributed by atoms with Crippen molar-refractivity contribution in [3.63, 3.8) is 0 Å². The maximum absolute atomic E-state index is 12.5. The van der Waals surface area contributed by atoms with Gasteiger partial charge in [-0.1, -0.05) is 35.1 Å². The summed E-state index contributed by atoms with van der Waals surface area (Å²) in [7, 11) is 0. The number of nitrogens with zero attached hydrogens (tertiary/aromatic N) is 3. The van der Waals surface area contributed by atoms with Gasteiger partial charge in [-0.25, -0.2) is 0 Å². The summed E-state index contributed by atoms with van der Waals surface area (Å²) in [6, 6.07) is 9.79. The molecule has 156 valence electrons. The molecule has 2 aromatic carbocycles. The van der Waals surface area contributed by atoms with Gasteiger partial charge in [0.05, 0.1) is 21.7 Å². The van der Waals surface area contributed by atoms with Gasteiger partial charge in [0.25, 0.3) is 11.6 Å². The Morgan fingerprint density at radius 2 is 2.17 bits per heavy atom. The minimum atomic E-state index is -0.477. The van der Waals surface area contributed by atoms with Crippen molar-refractivity contribution in [3.05, 3.63) is 73.5 Å². The molecule has 0 saturated carbocycles. The fraction of sp³-hybridized carbons (Fsp3) is 0.238. The van der Waals surface area contributed by atoms with Gasteiger partial charge in [0.15, 0.2) is 4.80 Å². The molecule has 9 heteroatoms. The summed E-state index contributed by atoms with van der Waals surface area (Å²) in [6.45, 7) is 5.48. The van der Waals surface area contributed by atoms with Gasteiger partial charge in [0, 0.05) is 36.4 Å². The molecule has 0 N–H and O–H groups in total. The Bertz CT molecular complexity index is 1200. The van der Waals surface area contributed by atoms with E-state index in [4.69, 9.17) is 16.3 Å². The first-order valence-electron chi connectivity index (χ1n) is 9.28. The molecule has 0 spiro atoms. The molecule has 0 aliphatic rings. The molecule has 0 unspecified atom stereocenters. The first-order valence-corrected chi connectivity index (χ1v) is 10.5. The lowest BCUT2D eigenvalue weighted by atomic mass is 10.2. The van der Waals surface area contributed by atoms with Crippen LogP contribution in [0.5, 0.6) is 0 Å². The quantitative estimate of drug-likeness (QED) is 0.227. The summed E-state index contributed by atoms with van der Waals surface area (Å²) in [4.78, 5) is 27.7. The van der Waals surface area contributed by atoms with Crippen LogP contribution in [0.3, 0.4) is 0 Å². The van der Waals surface area contributed by atoms with E-state index in [1.807, 2.05) is 30.5 Å². The number of aryl methyl sites for hydroxylation is 1. The Hall–Kier alpha value is -2.81. The number of non-ortho nitro benzene ring substituents is 1. The molecule has 0 aliphatic heterocycles. The molecule has 0 atom stereocenters. The summed E-state index contributed by atoms with van der Waals surface area (Å²) in [5.41, 5.74) is 2.37. The van der Waals surface area contributed by atoms with Crippen molar-refractivity contribution in [2.75, 3.05) is 13.2 Å². The summed E-state index contributed by atoms with van der Waals surface area (Å²) >= 11 is 7.69. The number of nitro groups is 1. The van der Waals surface area contributed by atoms with E-state index in [9.17, 15) is 14.9 Å². The smallest absolute Gasteiger partial charge is 0.272 e. The highest BCUT2D eigenvalue weighted by Crippen LogP contribution is 2.27. The standard InChI is InChI=1S/C21H20ClN3O4S/c1-3-29-12-11-24-20-14(2)17(22)8-9-18(20)30-21(24)23-19(26)10-7-15-5-4-6-16(13-15)25(27)28/h4-10,13H,3,11-12H2,1-2H3/b10-7+,23-21?. The van der Waals surface area contributed by atoms with Crippen LogP contribution in [0.1, 0.15) is 18.1 Å². The van der Waals surface area contributed by atoms with Gasteiger partial charge in [-0.15, -0.1) is 0 Å². The maximum Gasteiger partial charge on any atom is 0.272 e. The molecule has 30 heavy (non-hydrogen) atoms. The van der Waals surface area contributed by atoms with Crippen LogP contribution >= 0.6 is 22.9 Å². The molecule has 0 radical (unpaired) electrons. The first kappa shape index (κ1) is 21.9. The largest absolute Gasteiger partial charge is 0.380 e. The number of hydrogen-bond acceptors (Lipinski definition) is 5. The van der Waals surface area contributed by atoms with Crippen molar-refractivity contribution in [1.82, 2.24) is 4.57 Å². The molecule has 7 nitrogen and oxygen atoms in total. The van der Waals surface area contributed by atoms with E-state index < -0.39 is 10.8 Å². The number of carbonyl (C=O) groups excluding carboxylic acids is 1. The highest BCUT2D eigenvalue weighted by atomic mass is 35.5. The van der Waals surface area contributed by atoms with E-state index in [1.165, 1.54) is 35.6 Å². The van der Waals surface area contributed by atoms with Crippen molar-refractivity contribution in [2.24, 2.45) is 4.99 Å². The van der Waals surface area contributed by atoms with E-state index >= 15 is 0 Å². The highest BCUT2D eigenvalue weighted by molar-refractivity contribution is 7.16. The van der Waals surface area contributed by atoms with Crippen molar-refractivity contribution in [1.29, 1.82) is 0 Å². The molecule has 1 amide bonds. The number of hydrogen-bond donors (Lipinski definition) is 0. The van der Waals surface area contributed by atoms with E-state index in [2.05, 4.69) is 4.99 Å². The maximum atomic E-state index is 12.5. The zero-order valence-electron chi connectivity index (χ0n) is 16.5. The number of halogens is 1. The molecule has 0 bridgehead atoms. The van der Waals surface area contributed by atoms with Crippen LogP contribution in [-0.2, 0) is 16.1 Å². The Morgan fingerprint density at radius 3 is 2.90 bits per heavy atom. The van der Waals surface area contributed by atoms with E-state index in [1.54, 1.807) is 12.1 Å². The van der Waals surface area contributed by atoms with E-state index in [0.29, 0.717) is 35.1 Å². The summed E-state index contributed by atoms with van der Waals surface area (Å²) in [5.74, 6) is -0.457. The van der Waals surface area contributed by atoms with Gasteiger partial charge in [0.1, 0.15) is 0 Å². The van der Waals surface area contributed by atoms with Crippen LogP contribution in [0.2, 0.25) is 5.02 Å². The number of amides is 1. The van der Waals surface area contributed by atoms with Crippen molar-refractivity contribution in [2.45, 2.75) is 20.4 Å². The van der Waals surface area contributed by atoms with Crippen molar-refractivity contribution >= 4 is 50.8 Å². The molecule has 1 heterocycles. The second-order valence-corrected chi connectivity index (χ2v) is 7.80. The molecule has 0 fully saturated rings. The van der Waals surface area contributed by atoms with E-state index in [-0.39, 0.29) is 5.69 Å². The number of ether oxygens (including phenoxy) is 1. The number of thiazole rings is 1. The lowest BCUT2D eigenvalue weighted by molar-refractivity contribution is -0.384. The Labute approximate surface area is 182 Å². The van der Waals surface area contributed by atoms with E-state index in [0.717, 1.165) is 15.8 Å². The lowest BCUT2D eigenvalue weighted by Gasteiger charge is -2.08. The minimum absolute atomic E-state index is 0.0350. The van der Waals surface area contributed by atoms with Crippen LogP contribution in [-0.4, -0.2) is 28.6 Å². The minimum Gasteiger partial charge on any atom is -0.380 e. The molecule has 1 aromatic heterocycles. The fourth-order valence-corrected chi connectivity index (χ4v) is 4.22. The SMILES string of the molecule is CCOCCn1c(=NC(=O)/C=C/c2cccc([N+](=O)[O-])c2)sc2ccc(Cl)c(C)c21. The fourth-order valence-electron chi connectivity index (χ4n) is 2.95. The van der Waals surface area contributed by atoms with Crippen LogP contribution in [0, 0.1) is 17.0 Å². The molecular formula is C21H20ClN3O4S. The number of carbonyl (C=O) groups is 1. The second kappa shape index (κ2) is 9.80. The topological polar surface area (TPSA) is 86.7 Å². The van der Waals surface area contributed by atoms with Crippen LogP contribution in [0.15, 0.2) is 47.5 Å². The number of rotatable bonds is 7. The third kappa shape index (κ3) is 5.02. The Kier molecular flexibility index (Phi) is 7.15. The zero-order chi connectivity index (χ0) is 21.7. The highest BCUT2D eigenvalue weighted by Gasteiger charge is 2.12. The summed E-state index contributed by atoms with van der Waals surface area (Å²) in [6.07, 6.45) is 2.81. The van der Waals surface area contributed by atoms with Gasteiger partial charge in [0.2, 0.25) is 0 Å². The van der Waals surface area contributed by atoms with Crippen LogP contribution in [0.4, 0.5) is 5.69 Å². The molecule has 3 aromatic rings. The number of benzene rings is 2. The monoisotopic (exact) mass is 445 g/mol. The Balaban J connectivity index is 1.97. The van der Waals surface area contributed by atoms with Crippen LogP contribution in [0.25, 0.3) is 16.3 Å². The number of aromatic nitrogens is 1. The average Bonchev–Trinajstić information content (AvgIpc) is 3.07. The third-order valence-electron chi connectivity index (χ3n) is 4.40. The summed E-state index contributed by atoms with van der Waals surface area (Å²) < 4.78 is 8.39. The third-order valence-corrected chi connectivity index (χ3v) is 5.85. The van der Waals surface area contributed by atoms with Gasteiger partial charge in [-0.3, -0.25) is 14.9 Å². The lowest BCUT2D eigenvalue weighted by Crippen LogP contribution is -2.19. The predicted octanol–water partition coefficient (Wildman–Crippen LogP) is 4.75. The molecule has 0 aliphatic carbocycles. The molecule has 3 rings (SSSR count). The van der Waals surface area contributed by atoms with Gasteiger partial charge in [-0.2, -0.15) is 4.99 Å². The van der Waals surface area contributed by atoms with Gasteiger partial charge >= 0.3 is 0 Å². The predicted molar refractivity (Wildman–Crippen MR) is 119 cm³/mol.